The number of hydrogen-bond donors (Lipinski definition) is 0. The summed E-state index contributed by atoms with van der Waals surface area (Å²) >= 11 is 1.60. The molecule has 0 aliphatic heterocycles. The molecule has 148 valence electrons. The molecule has 2 heterocycles. The van der Waals surface area contributed by atoms with E-state index in [2.05, 4.69) is 15.5 Å². The van der Waals surface area contributed by atoms with Gasteiger partial charge in [0.05, 0.1) is 10.6 Å². The van der Waals surface area contributed by atoms with Gasteiger partial charge in [-0.1, -0.05) is 25.3 Å². The summed E-state index contributed by atoms with van der Waals surface area (Å²) in [7, 11) is -3.61. The number of tetrazole rings is 1. The highest BCUT2D eigenvalue weighted by molar-refractivity contribution is 7.89. The average molecular weight is 418 g/mol. The van der Waals surface area contributed by atoms with Crippen molar-refractivity contribution in [2.75, 3.05) is 0 Å². The third-order valence-electron chi connectivity index (χ3n) is 5.24. The van der Waals surface area contributed by atoms with Crippen molar-refractivity contribution in [2.24, 2.45) is 0 Å². The lowest BCUT2D eigenvalue weighted by Gasteiger charge is -2.33. The Morgan fingerprint density at radius 2 is 2.04 bits per heavy atom. The zero-order valence-corrected chi connectivity index (χ0v) is 17.4. The Kier molecular flexibility index (Phi) is 5.56. The third-order valence-corrected chi connectivity index (χ3v) is 8.00. The van der Waals surface area contributed by atoms with Crippen LogP contribution >= 0.6 is 11.3 Å². The van der Waals surface area contributed by atoms with Gasteiger partial charge in [-0.15, -0.1) is 16.4 Å². The first-order valence-electron chi connectivity index (χ1n) is 9.44. The van der Waals surface area contributed by atoms with Crippen molar-refractivity contribution in [1.82, 2.24) is 24.5 Å². The zero-order valence-electron chi connectivity index (χ0n) is 15.7. The van der Waals surface area contributed by atoms with Crippen LogP contribution in [0.5, 0.6) is 0 Å². The Morgan fingerprint density at radius 1 is 1.21 bits per heavy atom. The van der Waals surface area contributed by atoms with Gasteiger partial charge in [0.1, 0.15) is 6.33 Å². The quantitative estimate of drug-likeness (QED) is 0.613. The van der Waals surface area contributed by atoms with E-state index in [1.807, 2.05) is 24.4 Å². The SMILES string of the molecule is Cc1cc(S(=O)(=O)N(Cc2cccs2)C2CCCCC2)ccc1-n1cnnn1. The van der Waals surface area contributed by atoms with Crippen molar-refractivity contribution < 1.29 is 8.42 Å². The van der Waals surface area contributed by atoms with E-state index in [0.29, 0.717) is 11.4 Å². The molecule has 0 atom stereocenters. The first kappa shape index (κ1) is 19.2. The van der Waals surface area contributed by atoms with Crippen LogP contribution in [0.4, 0.5) is 0 Å². The summed E-state index contributed by atoms with van der Waals surface area (Å²) in [4.78, 5) is 1.39. The van der Waals surface area contributed by atoms with Crippen LogP contribution in [0.2, 0.25) is 0 Å². The molecular weight excluding hydrogens is 394 g/mol. The molecule has 1 fully saturated rings. The van der Waals surface area contributed by atoms with E-state index in [1.54, 1.807) is 33.8 Å². The molecule has 3 aromatic rings. The number of benzene rings is 1. The van der Waals surface area contributed by atoms with Gasteiger partial charge in [0, 0.05) is 17.5 Å². The summed E-state index contributed by atoms with van der Waals surface area (Å²) in [6.07, 6.45) is 6.69. The fourth-order valence-corrected chi connectivity index (χ4v) is 6.32. The minimum absolute atomic E-state index is 0.0559. The highest BCUT2D eigenvalue weighted by Crippen LogP contribution is 2.31. The van der Waals surface area contributed by atoms with Crippen LogP contribution in [-0.4, -0.2) is 39.0 Å². The summed E-state index contributed by atoms with van der Waals surface area (Å²) < 4.78 is 30.4. The standard InChI is InChI=1S/C19H23N5O2S2/c1-15-12-18(9-10-19(15)23-14-20-21-22-23)28(25,26)24(13-17-8-5-11-27-17)16-6-3-2-4-7-16/h5,8-12,14,16H,2-4,6-7,13H2,1H3. The molecule has 0 spiro atoms. The maximum absolute atomic E-state index is 13.6. The van der Waals surface area contributed by atoms with Crippen LogP contribution in [0.3, 0.4) is 0 Å². The van der Waals surface area contributed by atoms with E-state index in [-0.39, 0.29) is 6.04 Å². The first-order valence-corrected chi connectivity index (χ1v) is 11.8. The average Bonchev–Trinajstić information content (AvgIpc) is 3.40. The smallest absolute Gasteiger partial charge is 0.207 e. The molecule has 1 aliphatic rings. The molecule has 9 heteroatoms. The van der Waals surface area contributed by atoms with Crippen LogP contribution in [-0.2, 0) is 16.6 Å². The molecule has 0 N–H and O–H groups in total. The van der Waals surface area contributed by atoms with E-state index < -0.39 is 10.0 Å². The minimum Gasteiger partial charge on any atom is -0.207 e. The summed E-state index contributed by atoms with van der Waals surface area (Å²) in [6, 6.07) is 9.17. The number of hydrogen-bond acceptors (Lipinski definition) is 6. The van der Waals surface area contributed by atoms with Gasteiger partial charge in [-0.05, 0) is 65.4 Å². The van der Waals surface area contributed by atoms with Gasteiger partial charge in [-0.25, -0.2) is 13.1 Å². The topological polar surface area (TPSA) is 81.0 Å². The van der Waals surface area contributed by atoms with Crippen molar-refractivity contribution in [1.29, 1.82) is 0 Å². The third kappa shape index (κ3) is 3.87. The number of sulfonamides is 1. The predicted octanol–water partition coefficient (Wildman–Crippen LogP) is 3.56. The number of rotatable bonds is 6. The largest absolute Gasteiger partial charge is 0.243 e. The van der Waals surface area contributed by atoms with Crippen molar-refractivity contribution >= 4 is 21.4 Å². The molecule has 7 nitrogen and oxygen atoms in total. The van der Waals surface area contributed by atoms with E-state index >= 15 is 0 Å². The molecule has 1 saturated carbocycles. The van der Waals surface area contributed by atoms with E-state index in [0.717, 1.165) is 41.8 Å². The second kappa shape index (κ2) is 8.10. The summed E-state index contributed by atoms with van der Waals surface area (Å²) in [6.45, 7) is 2.30. The molecule has 28 heavy (non-hydrogen) atoms. The number of thiophene rings is 1. The normalized spacial score (nSPS) is 15.9. The Hall–Kier alpha value is -2.10. The van der Waals surface area contributed by atoms with Crippen molar-refractivity contribution in [3.05, 3.63) is 52.5 Å². The van der Waals surface area contributed by atoms with Gasteiger partial charge in [0.25, 0.3) is 0 Å². The summed E-state index contributed by atoms with van der Waals surface area (Å²) in [5, 5.41) is 13.2. The molecule has 0 amide bonds. The second-order valence-corrected chi connectivity index (χ2v) is 10.0. The Bertz CT molecular complexity index is 1010. The van der Waals surface area contributed by atoms with Gasteiger partial charge in [-0.3, -0.25) is 0 Å². The molecule has 1 aliphatic carbocycles. The number of aryl methyl sites for hydroxylation is 1. The van der Waals surface area contributed by atoms with E-state index in [1.165, 1.54) is 17.4 Å². The van der Waals surface area contributed by atoms with E-state index in [4.69, 9.17) is 0 Å². The highest BCUT2D eigenvalue weighted by atomic mass is 32.2. The lowest BCUT2D eigenvalue weighted by atomic mass is 9.95. The summed E-state index contributed by atoms with van der Waals surface area (Å²) in [5.41, 5.74) is 1.58. The molecule has 0 unspecified atom stereocenters. The molecule has 0 radical (unpaired) electrons. The highest BCUT2D eigenvalue weighted by Gasteiger charge is 2.33. The summed E-state index contributed by atoms with van der Waals surface area (Å²) in [5.74, 6) is 0. The minimum atomic E-state index is -3.61. The predicted molar refractivity (Wildman–Crippen MR) is 108 cm³/mol. The number of nitrogens with zero attached hydrogens (tertiary/aromatic N) is 5. The van der Waals surface area contributed by atoms with Gasteiger partial charge in [0.2, 0.25) is 10.0 Å². The first-order chi connectivity index (χ1) is 13.6. The van der Waals surface area contributed by atoms with Gasteiger partial charge in [0.15, 0.2) is 0 Å². The molecular formula is C19H23N5O2S2. The Labute approximate surface area is 169 Å². The van der Waals surface area contributed by atoms with Crippen LogP contribution in [0.15, 0.2) is 46.9 Å². The zero-order chi connectivity index (χ0) is 19.6. The van der Waals surface area contributed by atoms with Gasteiger partial charge < -0.3 is 0 Å². The Morgan fingerprint density at radius 3 is 2.68 bits per heavy atom. The molecule has 0 bridgehead atoms. The fourth-order valence-electron chi connectivity index (χ4n) is 3.79. The van der Waals surface area contributed by atoms with Crippen LogP contribution in [0.25, 0.3) is 5.69 Å². The lowest BCUT2D eigenvalue weighted by molar-refractivity contribution is 0.249. The van der Waals surface area contributed by atoms with Gasteiger partial charge in [-0.2, -0.15) is 4.31 Å². The molecule has 4 rings (SSSR count). The van der Waals surface area contributed by atoms with Crippen LogP contribution in [0, 0.1) is 6.92 Å². The maximum Gasteiger partial charge on any atom is 0.243 e. The fraction of sp³-hybridized carbons (Fsp3) is 0.421. The van der Waals surface area contributed by atoms with E-state index in [9.17, 15) is 8.42 Å². The molecule has 2 aromatic heterocycles. The molecule has 0 saturated heterocycles. The van der Waals surface area contributed by atoms with Crippen molar-refractivity contribution in [3.8, 4) is 5.69 Å². The maximum atomic E-state index is 13.6. The van der Waals surface area contributed by atoms with Crippen molar-refractivity contribution in [2.45, 2.75) is 56.5 Å². The number of aromatic nitrogens is 4. The van der Waals surface area contributed by atoms with Crippen LogP contribution < -0.4 is 0 Å². The Balaban J connectivity index is 1.69. The van der Waals surface area contributed by atoms with Gasteiger partial charge >= 0.3 is 0 Å². The monoisotopic (exact) mass is 417 g/mol. The lowest BCUT2D eigenvalue weighted by Crippen LogP contribution is -2.40. The van der Waals surface area contributed by atoms with Crippen LogP contribution in [0.1, 0.15) is 42.5 Å². The molecule has 1 aromatic carbocycles. The second-order valence-electron chi connectivity index (χ2n) is 7.12. The van der Waals surface area contributed by atoms with Crippen molar-refractivity contribution in [3.63, 3.8) is 0 Å².